The first-order chi connectivity index (χ1) is 8.06. The zero-order chi connectivity index (χ0) is 12.5. The summed E-state index contributed by atoms with van der Waals surface area (Å²) in [5.41, 5.74) is 6.70. The van der Waals surface area contributed by atoms with Crippen LogP contribution in [0.3, 0.4) is 0 Å². The third-order valence-electron chi connectivity index (χ3n) is 3.48. The number of nitrogens with two attached hydrogens (primary N) is 1. The van der Waals surface area contributed by atoms with E-state index in [4.69, 9.17) is 5.73 Å². The van der Waals surface area contributed by atoms with Crippen LogP contribution >= 0.6 is 0 Å². The molecule has 4 N–H and O–H groups in total. The van der Waals surface area contributed by atoms with Crippen molar-refractivity contribution in [1.29, 1.82) is 0 Å². The van der Waals surface area contributed by atoms with E-state index in [0.717, 1.165) is 24.8 Å². The van der Waals surface area contributed by atoms with Gasteiger partial charge in [0.25, 0.3) is 5.91 Å². The van der Waals surface area contributed by atoms with E-state index in [1.807, 2.05) is 6.92 Å². The molecule has 92 valence electrons. The number of nitrogens with one attached hydrogen (secondary N) is 1. The molecule has 0 radical (unpaired) electrons. The standard InChI is InChI=1S/C13H18N2O2/c1-9-3-4-11(16)10(7-9)12(17)15-13(8-14)5-2-6-13/h3-4,7,16H,2,5-6,8,14H2,1H3,(H,15,17). The van der Waals surface area contributed by atoms with E-state index < -0.39 is 0 Å². The van der Waals surface area contributed by atoms with Crippen LogP contribution in [-0.2, 0) is 0 Å². The number of aryl methyl sites for hydroxylation is 1. The van der Waals surface area contributed by atoms with Gasteiger partial charge in [-0.3, -0.25) is 4.79 Å². The zero-order valence-corrected chi connectivity index (χ0v) is 9.99. The molecule has 0 bridgehead atoms. The largest absolute Gasteiger partial charge is 0.507 e. The van der Waals surface area contributed by atoms with E-state index in [1.54, 1.807) is 18.2 Å². The van der Waals surface area contributed by atoms with E-state index >= 15 is 0 Å². The van der Waals surface area contributed by atoms with Crippen molar-refractivity contribution in [1.82, 2.24) is 5.32 Å². The molecule has 1 amide bonds. The topological polar surface area (TPSA) is 75.3 Å². The van der Waals surface area contributed by atoms with Crippen LogP contribution in [0.4, 0.5) is 0 Å². The van der Waals surface area contributed by atoms with Gasteiger partial charge in [-0.25, -0.2) is 0 Å². The van der Waals surface area contributed by atoms with Crippen molar-refractivity contribution in [3.63, 3.8) is 0 Å². The molecule has 1 fully saturated rings. The van der Waals surface area contributed by atoms with E-state index in [0.29, 0.717) is 12.1 Å². The van der Waals surface area contributed by atoms with Crippen LogP contribution in [0, 0.1) is 6.92 Å². The maximum absolute atomic E-state index is 12.1. The zero-order valence-electron chi connectivity index (χ0n) is 9.99. The van der Waals surface area contributed by atoms with Crippen molar-refractivity contribution in [3.8, 4) is 5.75 Å². The lowest BCUT2D eigenvalue weighted by Gasteiger charge is -2.41. The number of carbonyl (C=O) groups is 1. The van der Waals surface area contributed by atoms with Crippen molar-refractivity contribution in [2.24, 2.45) is 5.73 Å². The summed E-state index contributed by atoms with van der Waals surface area (Å²) in [5, 5.41) is 12.6. The highest BCUT2D eigenvalue weighted by Gasteiger charge is 2.37. The maximum atomic E-state index is 12.1. The molecular weight excluding hydrogens is 216 g/mol. The molecule has 0 aliphatic heterocycles. The Morgan fingerprint density at radius 1 is 1.53 bits per heavy atom. The number of rotatable bonds is 3. The molecule has 1 aromatic carbocycles. The van der Waals surface area contributed by atoms with Crippen molar-refractivity contribution >= 4 is 5.91 Å². The van der Waals surface area contributed by atoms with Gasteiger partial charge in [0.2, 0.25) is 0 Å². The summed E-state index contributed by atoms with van der Waals surface area (Å²) < 4.78 is 0. The van der Waals surface area contributed by atoms with Gasteiger partial charge in [-0.1, -0.05) is 11.6 Å². The smallest absolute Gasteiger partial charge is 0.255 e. The Kier molecular flexibility index (Phi) is 3.07. The Bertz CT molecular complexity index is 434. The molecule has 1 saturated carbocycles. The minimum Gasteiger partial charge on any atom is -0.507 e. The average Bonchev–Trinajstić information content (AvgIpc) is 2.26. The average molecular weight is 234 g/mol. The van der Waals surface area contributed by atoms with Gasteiger partial charge < -0.3 is 16.2 Å². The molecule has 2 rings (SSSR count). The van der Waals surface area contributed by atoms with Crippen LogP contribution in [0.2, 0.25) is 0 Å². The molecule has 1 aliphatic rings. The predicted molar refractivity (Wildman–Crippen MR) is 65.9 cm³/mol. The normalized spacial score (nSPS) is 17.3. The molecule has 1 aromatic rings. The van der Waals surface area contributed by atoms with Crippen molar-refractivity contribution in [2.75, 3.05) is 6.54 Å². The number of carbonyl (C=O) groups excluding carboxylic acids is 1. The lowest BCUT2D eigenvalue weighted by molar-refractivity contribution is 0.0835. The number of phenolic OH excluding ortho intramolecular Hbond substituents is 1. The maximum Gasteiger partial charge on any atom is 0.255 e. The number of hydrogen-bond donors (Lipinski definition) is 3. The van der Waals surface area contributed by atoms with Crippen LogP contribution in [0.1, 0.15) is 35.2 Å². The quantitative estimate of drug-likeness (QED) is 0.738. The Hall–Kier alpha value is -1.55. The van der Waals surface area contributed by atoms with Crippen LogP contribution in [0.25, 0.3) is 0 Å². The third-order valence-corrected chi connectivity index (χ3v) is 3.48. The van der Waals surface area contributed by atoms with E-state index in [9.17, 15) is 9.90 Å². The van der Waals surface area contributed by atoms with Gasteiger partial charge in [0.15, 0.2) is 0 Å². The summed E-state index contributed by atoms with van der Waals surface area (Å²) in [6.07, 6.45) is 2.93. The number of phenols is 1. The van der Waals surface area contributed by atoms with Gasteiger partial charge >= 0.3 is 0 Å². The Labute approximate surface area is 101 Å². The van der Waals surface area contributed by atoms with Crippen molar-refractivity contribution < 1.29 is 9.90 Å². The second-order valence-electron chi connectivity index (χ2n) is 4.81. The molecule has 4 nitrogen and oxygen atoms in total. The van der Waals surface area contributed by atoms with Gasteiger partial charge in [0.1, 0.15) is 5.75 Å². The first-order valence-electron chi connectivity index (χ1n) is 5.88. The van der Waals surface area contributed by atoms with Crippen LogP contribution in [0.15, 0.2) is 18.2 Å². The molecule has 4 heteroatoms. The number of amides is 1. The SMILES string of the molecule is Cc1ccc(O)c(C(=O)NC2(CN)CCC2)c1. The molecule has 1 aliphatic carbocycles. The molecular formula is C13H18N2O2. The third kappa shape index (κ3) is 2.26. The molecule has 0 saturated heterocycles. The molecule has 0 spiro atoms. The Morgan fingerprint density at radius 2 is 2.24 bits per heavy atom. The van der Waals surface area contributed by atoms with Gasteiger partial charge in [0, 0.05) is 6.54 Å². The number of hydrogen-bond acceptors (Lipinski definition) is 3. The van der Waals surface area contributed by atoms with Crippen LogP contribution < -0.4 is 11.1 Å². The molecule has 0 atom stereocenters. The fourth-order valence-corrected chi connectivity index (χ4v) is 2.12. The summed E-state index contributed by atoms with van der Waals surface area (Å²) in [6.45, 7) is 2.34. The molecule has 0 unspecified atom stereocenters. The van der Waals surface area contributed by atoms with E-state index in [2.05, 4.69) is 5.32 Å². The van der Waals surface area contributed by atoms with E-state index in [1.165, 1.54) is 0 Å². The first-order valence-corrected chi connectivity index (χ1v) is 5.88. The lowest BCUT2D eigenvalue weighted by atomic mass is 9.76. The fraction of sp³-hybridized carbons (Fsp3) is 0.462. The van der Waals surface area contributed by atoms with E-state index in [-0.39, 0.29) is 17.2 Å². The summed E-state index contributed by atoms with van der Waals surface area (Å²) in [4.78, 5) is 12.1. The molecule has 17 heavy (non-hydrogen) atoms. The minimum atomic E-state index is -0.257. The Balaban J connectivity index is 2.17. The summed E-state index contributed by atoms with van der Waals surface area (Å²) in [6, 6.07) is 5.00. The monoisotopic (exact) mass is 234 g/mol. The van der Waals surface area contributed by atoms with Gasteiger partial charge in [-0.15, -0.1) is 0 Å². The van der Waals surface area contributed by atoms with Crippen LogP contribution in [0.5, 0.6) is 5.75 Å². The highest BCUT2D eigenvalue weighted by Crippen LogP contribution is 2.31. The fourth-order valence-electron chi connectivity index (χ4n) is 2.12. The second kappa shape index (κ2) is 4.37. The lowest BCUT2D eigenvalue weighted by Crippen LogP contribution is -2.58. The molecule has 0 heterocycles. The van der Waals surface area contributed by atoms with Gasteiger partial charge in [-0.05, 0) is 38.3 Å². The summed E-state index contributed by atoms with van der Waals surface area (Å²) in [7, 11) is 0. The second-order valence-corrected chi connectivity index (χ2v) is 4.81. The Morgan fingerprint density at radius 3 is 2.76 bits per heavy atom. The highest BCUT2D eigenvalue weighted by molar-refractivity contribution is 5.97. The van der Waals surface area contributed by atoms with Crippen molar-refractivity contribution in [3.05, 3.63) is 29.3 Å². The van der Waals surface area contributed by atoms with Crippen molar-refractivity contribution in [2.45, 2.75) is 31.7 Å². The highest BCUT2D eigenvalue weighted by atomic mass is 16.3. The van der Waals surface area contributed by atoms with Gasteiger partial charge in [-0.2, -0.15) is 0 Å². The number of benzene rings is 1. The summed E-state index contributed by atoms with van der Waals surface area (Å²) in [5.74, 6) is -0.226. The first kappa shape index (κ1) is 11.9. The van der Waals surface area contributed by atoms with Gasteiger partial charge in [0.05, 0.1) is 11.1 Å². The molecule has 0 aromatic heterocycles. The predicted octanol–water partition coefficient (Wildman–Crippen LogP) is 1.31. The van der Waals surface area contributed by atoms with Crippen LogP contribution in [-0.4, -0.2) is 23.1 Å². The minimum absolute atomic E-state index is 0.0135. The summed E-state index contributed by atoms with van der Waals surface area (Å²) >= 11 is 0. The number of aromatic hydroxyl groups is 1.